The van der Waals surface area contributed by atoms with Crippen LogP contribution >= 0.6 is 0 Å². The lowest BCUT2D eigenvalue weighted by Gasteiger charge is -2.14. The summed E-state index contributed by atoms with van der Waals surface area (Å²) in [7, 11) is 1.89. The Bertz CT molecular complexity index is 294. The van der Waals surface area contributed by atoms with Gasteiger partial charge in [0.1, 0.15) is 5.82 Å². The molecule has 1 aliphatic rings. The van der Waals surface area contributed by atoms with Crippen LogP contribution in [0.1, 0.15) is 19.3 Å². The van der Waals surface area contributed by atoms with E-state index in [9.17, 15) is 0 Å². The Morgan fingerprint density at radius 2 is 2.42 bits per heavy atom. The second-order valence-electron chi connectivity index (χ2n) is 2.98. The van der Waals surface area contributed by atoms with Gasteiger partial charge in [-0.05, 0) is 19.3 Å². The molecule has 0 amide bonds. The molecule has 1 aromatic heterocycles. The van der Waals surface area contributed by atoms with Gasteiger partial charge in [-0.2, -0.15) is 10.2 Å². The van der Waals surface area contributed by atoms with Gasteiger partial charge in [-0.25, -0.2) is 0 Å². The highest BCUT2D eigenvalue weighted by atomic mass is 15.4. The maximum atomic E-state index is 4.24. The Morgan fingerprint density at radius 3 is 2.92 bits per heavy atom. The van der Waals surface area contributed by atoms with E-state index < -0.39 is 0 Å². The molecule has 0 atom stereocenters. The summed E-state index contributed by atoms with van der Waals surface area (Å²) >= 11 is 0. The Hall–Kier alpha value is -1.32. The first-order valence-electron chi connectivity index (χ1n) is 4.16. The normalized spacial score (nSPS) is 15.6. The first kappa shape index (κ1) is 7.34. The first-order valence-corrected chi connectivity index (χ1v) is 4.16. The number of aryl methyl sites for hydroxylation is 1. The molecule has 1 N–H and O–H groups in total. The van der Waals surface area contributed by atoms with Crippen molar-refractivity contribution in [3.05, 3.63) is 12.3 Å². The Balaban J connectivity index is 1.99. The average molecular weight is 164 g/mol. The van der Waals surface area contributed by atoms with Crippen molar-refractivity contribution in [2.45, 2.75) is 19.3 Å². The summed E-state index contributed by atoms with van der Waals surface area (Å²) in [6.45, 7) is 0. The van der Waals surface area contributed by atoms with Gasteiger partial charge in [0.2, 0.25) is 0 Å². The predicted octanol–water partition coefficient (Wildman–Crippen LogP) is 1.37. The standard InChI is InChI=1S/C8H12N4/c1-12-8(5-6-9-12)11-10-7-3-2-4-7/h5-6,11H,2-4H2,1H3. The van der Waals surface area contributed by atoms with E-state index in [1.165, 1.54) is 12.1 Å². The minimum Gasteiger partial charge on any atom is -0.262 e. The molecule has 1 fully saturated rings. The van der Waals surface area contributed by atoms with Gasteiger partial charge in [-0.15, -0.1) is 0 Å². The van der Waals surface area contributed by atoms with Crippen LogP contribution in [0.25, 0.3) is 0 Å². The highest BCUT2D eigenvalue weighted by molar-refractivity contribution is 5.89. The van der Waals surface area contributed by atoms with Gasteiger partial charge >= 0.3 is 0 Å². The summed E-state index contributed by atoms with van der Waals surface area (Å²) in [6, 6.07) is 1.91. The van der Waals surface area contributed by atoms with Crippen LogP contribution in [0.15, 0.2) is 17.4 Å². The smallest absolute Gasteiger partial charge is 0.144 e. The number of hydrogen-bond acceptors (Lipinski definition) is 3. The summed E-state index contributed by atoms with van der Waals surface area (Å²) < 4.78 is 1.77. The largest absolute Gasteiger partial charge is 0.262 e. The van der Waals surface area contributed by atoms with Gasteiger partial charge in [0.05, 0.1) is 6.20 Å². The highest BCUT2D eigenvalue weighted by Gasteiger charge is 2.09. The zero-order valence-corrected chi connectivity index (χ0v) is 7.12. The lowest BCUT2D eigenvalue weighted by Crippen LogP contribution is -2.12. The summed E-state index contributed by atoms with van der Waals surface area (Å²) in [5.74, 6) is 0.939. The fraction of sp³-hybridized carbons (Fsp3) is 0.500. The van der Waals surface area contributed by atoms with Crippen molar-refractivity contribution in [3.63, 3.8) is 0 Å². The number of aromatic nitrogens is 2. The second-order valence-corrected chi connectivity index (χ2v) is 2.98. The van der Waals surface area contributed by atoms with E-state index in [0.717, 1.165) is 18.7 Å². The molecule has 0 unspecified atom stereocenters. The third-order valence-electron chi connectivity index (χ3n) is 2.08. The van der Waals surface area contributed by atoms with E-state index in [0.29, 0.717) is 0 Å². The third-order valence-corrected chi connectivity index (χ3v) is 2.08. The lowest BCUT2D eigenvalue weighted by molar-refractivity contribution is 0.765. The molecule has 4 heteroatoms. The van der Waals surface area contributed by atoms with Crippen molar-refractivity contribution in [2.24, 2.45) is 12.1 Å². The molecular weight excluding hydrogens is 152 g/mol. The van der Waals surface area contributed by atoms with E-state index >= 15 is 0 Å². The molecular formula is C8H12N4. The van der Waals surface area contributed by atoms with Crippen LogP contribution in [0.4, 0.5) is 5.82 Å². The topological polar surface area (TPSA) is 42.2 Å². The highest BCUT2D eigenvalue weighted by Crippen LogP contribution is 2.14. The van der Waals surface area contributed by atoms with Gasteiger partial charge in [0.25, 0.3) is 0 Å². The van der Waals surface area contributed by atoms with Gasteiger partial charge in [0.15, 0.2) is 0 Å². The molecule has 12 heavy (non-hydrogen) atoms. The van der Waals surface area contributed by atoms with Crippen molar-refractivity contribution < 1.29 is 0 Å². The van der Waals surface area contributed by atoms with Gasteiger partial charge in [-0.1, -0.05) is 0 Å². The molecule has 4 nitrogen and oxygen atoms in total. The predicted molar refractivity (Wildman–Crippen MR) is 48.1 cm³/mol. The van der Waals surface area contributed by atoms with E-state index in [2.05, 4.69) is 15.6 Å². The van der Waals surface area contributed by atoms with Gasteiger partial charge < -0.3 is 0 Å². The van der Waals surface area contributed by atoms with Crippen molar-refractivity contribution in [3.8, 4) is 0 Å². The van der Waals surface area contributed by atoms with Crippen LogP contribution in [-0.2, 0) is 7.05 Å². The maximum absolute atomic E-state index is 4.24. The van der Waals surface area contributed by atoms with Gasteiger partial charge in [-0.3, -0.25) is 10.1 Å². The SMILES string of the molecule is Cn1nccc1NN=C1CCC1. The molecule has 0 aliphatic heterocycles. The van der Waals surface area contributed by atoms with E-state index in [4.69, 9.17) is 0 Å². The summed E-state index contributed by atoms with van der Waals surface area (Å²) in [6.07, 6.45) is 5.32. The minimum atomic E-state index is 0.939. The Kier molecular flexibility index (Phi) is 1.81. The van der Waals surface area contributed by atoms with Crippen LogP contribution in [0.3, 0.4) is 0 Å². The number of rotatable bonds is 2. The van der Waals surface area contributed by atoms with E-state index in [1.807, 2.05) is 13.1 Å². The van der Waals surface area contributed by atoms with E-state index in [-0.39, 0.29) is 0 Å². The fourth-order valence-electron chi connectivity index (χ4n) is 1.07. The summed E-state index contributed by atoms with van der Waals surface area (Å²) in [4.78, 5) is 0. The van der Waals surface area contributed by atoms with Crippen LogP contribution in [0.2, 0.25) is 0 Å². The Morgan fingerprint density at radius 1 is 1.58 bits per heavy atom. The molecule has 0 radical (unpaired) electrons. The molecule has 0 aromatic carbocycles. The molecule has 1 heterocycles. The molecule has 1 saturated carbocycles. The van der Waals surface area contributed by atoms with Crippen molar-refractivity contribution in [1.82, 2.24) is 9.78 Å². The first-order chi connectivity index (χ1) is 5.86. The Labute approximate surface area is 71.3 Å². The molecule has 64 valence electrons. The second kappa shape index (κ2) is 2.97. The number of hydrazone groups is 1. The summed E-state index contributed by atoms with van der Waals surface area (Å²) in [5, 5.41) is 8.26. The number of nitrogens with one attached hydrogen (secondary N) is 1. The quantitative estimate of drug-likeness (QED) is 0.671. The number of nitrogens with zero attached hydrogens (tertiary/aromatic N) is 3. The average Bonchev–Trinajstić information content (AvgIpc) is 2.33. The summed E-state index contributed by atoms with van der Waals surface area (Å²) in [5.41, 5.74) is 4.24. The number of hydrogen-bond donors (Lipinski definition) is 1. The molecule has 1 aliphatic carbocycles. The van der Waals surface area contributed by atoms with Crippen molar-refractivity contribution >= 4 is 11.5 Å². The maximum Gasteiger partial charge on any atom is 0.144 e. The molecule has 0 bridgehead atoms. The molecule has 0 spiro atoms. The minimum absolute atomic E-state index is 0.939. The van der Waals surface area contributed by atoms with Crippen LogP contribution in [0, 0.1) is 0 Å². The van der Waals surface area contributed by atoms with Crippen molar-refractivity contribution in [1.29, 1.82) is 0 Å². The monoisotopic (exact) mass is 164 g/mol. The zero-order chi connectivity index (χ0) is 8.39. The van der Waals surface area contributed by atoms with Crippen molar-refractivity contribution in [2.75, 3.05) is 5.43 Å². The van der Waals surface area contributed by atoms with E-state index in [1.54, 1.807) is 10.9 Å². The van der Waals surface area contributed by atoms with Crippen LogP contribution in [0.5, 0.6) is 0 Å². The fourth-order valence-corrected chi connectivity index (χ4v) is 1.07. The number of anilines is 1. The van der Waals surface area contributed by atoms with Crippen LogP contribution < -0.4 is 5.43 Å². The molecule has 2 rings (SSSR count). The molecule has 0 saturated heterocycles. The molecule has 1 aromatic rings. The zero-order valence-electron chi connectivity index (χ0n) is 7.12. The lowest BCUT2D eigenvalue weighted by atomic mass is 9.98. The van der Waals surface area contributed by atoms with Crippen LogP contribution in [-0.4, -0.2) is 15.5 Å². The van der Waals surface area contributed by atoms with Gasteiger partial charge in [0, 0.05) is 18.8 Å². The third kappa shape index (κ3) is 1.32.